The van der Waals surface area contributed by atoms with Gasteiger partial charge in [-0.25, -0.2) is 0 Å². The van der Waals surface area contributed by atoms with Gasteiger partial charge in [-0.3, -0.25) is 9.36 Å². The van der Waals surface area contributed by atoms with Crippen LogP contribution in [0.25, 0.3) is 5.69 Å². The fourth-order valence-corrected chi connectivity index (χ4v) is 4.05. The Morgan fingerprint density at radius 2 is 1.55 bits per heavy atom. The predicted octanol–water partition coefficient (Wildman–Crippen LogP) is 4.61. The molecule has 168 valence electrons. The highest BCUT2D eigenvalue weighted by Gasteiger charge is 2.18. The van der Waals surface area contributed by atoms with Crippen molar-refractivity contribution in [3.05, 3.63) is 90.8 Å². The van der Waals surface area contributed by atoms with Gasteiger partial charge in [0.2, 0.25) is 5.91 Å². The molecule has 0 aliphatic carbocycles. The molecule has 8 heteroatoms. The van der Waals surface area contributed by atoms with Crippen molar-refractivity contribution < 1.29 is 14.3 Å². The smallest absolute Gasteiger partial charge is 0.237 e. The first-order chi connectivity index (χ1) is 16.2. The summed E-state index contributed by atoms with van der Waals surface area (Å²) < 4.78 is 13.0. The van der Waals surface area contributed by atoms with Gasteiger partial charge in [0.1, 0.15) is 18.1 Å². The van der Waals surface area contributed by atoms with Crippen LogP contribution in [0.15, 0.2) is 90.1 Å². The zero-order valence-corrected chi connectivity index (χ0v) is 19.2. The minimum Gasteiger partial charge on any atom is -0.497 e. The number of ether oxygens (including phenoxy) is 2. The summed E-state index contributed by atoms with van der Waals surface area (Å²) in [5.41, 5.74) is 1.75. The fraction of sp³-hybridized carbons (Fsp3) is 0.160. The van der Waals surface area contributed by atoms with Gasteiger partial charge in [-0.1, -0.05) is 48.2 Å². The molecule has 7 nitrogen and oxygen atoms in total. The maximum atomic E-state index is 12.7. The number of methoxy groups -OCH3 is 1. The van der Waals surface area contributed by atoms with E-state index in [-0.39, 0.29) is 18.3 Å². The summed E-state index contributed by atoms with van der Waals surface area (Å²) in [6, 6.07) is 26.7. The van der Waals surface area contributed by atoms with Crippen LogP contribution < -0.4 is 14.4 Å². The van der Waals surface area contributed by atoms with Crippen molar-refractivity contribution in [3.8, 4) is 17.2 Å². The molecule has 0 spiro atoms. The van der Waals surface area contributed by atoms with E-state index in [1.807, 2.05) is 89.5 Å². The number of thioether (sulfide) groups is 1. The van der Waals surface area contributed by atoms with Gasteiger partial charge in [0.25, 0.3) is 0 Å². The van der Waals surface area contributed by atoms with Crippen molar-refractivity contribution in [2.24, 2.45) is 0 Å². The SMILES string of the molecule is COc1ccc(OCc2nnc(SCC(=O)N(C)c3ccccc3)n2-c2ccccc2)cc1. The number of rotatable bonds is 9. The molecule has 1 amide bonds. The molecule has 0 bridgehead atoms. The van der Waals surface area contributed by atoms with Gasteiger partial charge in [-0.2, -0.15) is 0 Å². The highest BCUT2D eigenvalue weighted by Crippen LogP contribution is 2.24. The molecule has 1 heterocycles. The van der Waals surface area contributed by atoms with Crippen molar-refractivity contribution in [2.75, 3.05) is 24.8 Å². The summed E-state index contributed by atoms with van der Waals surface area (Å²) in [7, 11) is 3.40. The van der Waals surface area contributed by atoms with Crippen LogP contribution >= 0.6 is 11.8 Å². The van der Waals surface area contributed by atoms with E-state index in [1.165, 1.54) is 11.8 Å². The summed E-state index contributed by atoms with van der Waals surface area (Å²) in [5, 5.41) is 9.31. The molecule has 0 N–H and O–H groups in total. The molecule has 1 aromatic heterocycles. The van der Waals surface area contributed by atoms with E-state index in [0.29, 0.717) is 16.7 Å². The average molecular weight is 461 g/mol. The summed E-state index contributed by atoms with van der Waals surface area (Å²) in [4.78, 5) is 14.4. The molecule has 0 atom stereocenters. The van der Waals surface area contributed by atoms with Crippen molar-refractivity contribution in [1.82, 2.24) is 14.8 Å². The van der Waals surface area contributed by atoms with E-state index in [2.05, 4.69) is 10.2 Å². The minimum absolute atomic E-state index is 0.0233. The lowest BCUT2D eigenvalue weighted by molar-refractivity contribution is -0.115. The molecule has 3 aromatic carbocycles. The molecule has 4 rings (SSSR count). The van der Waals surface area contributed by atoms with Gasteiger partial charge in [0, 0.05) is 18.4 Å². The number of nitrogens with zero attached hydrogens (tertiary/aromatic N) is 4. The lowest BCUT2D eigenvalue weighted by Gasteiger charge is -2.17. The summed E-state index contributed by atoms with van der Waals surface area (Å²) >= 11 is 1.35. The van der Waals surface area contributed by atoms with E-state index >= 15 is 0 Å². The maximum absolute atomic E-state index is 12.7. The number of benzene rings is 3. The van der Waals surface area contributed by atoms with Crippen molar-refractivity contribution in [3.63, 3.8) is 0 Å². The largest absolute Gasteiger partial charge is 0.497 e. The first kappa shape index (κ1) is 22.4. The number of hydrogen-bond donors (Lipinski definition) is 0. The topological polar surface area (TPSA) is 69.5 Å². The van der Waals surface area contributed by atoms with Gasteiger partial charge < -0.3 is 14.4 Å². The molecular weight excluding hydrogens is 436 g/mol. The second-order valence-corrected chi connectivity index (χ2v) is 8.05. The second-order valence-electron chi connectivity index (χ2n) is 7.11. The van der Waals surface area contributed by atoms with Crippen molar-refractivity contribution in [1.29, 1.82) is 0 Å². The number of carbonyl (C=O) groups is 1. The van der Waals surface area contributed by atoms with Crippen LogP contribution in [-0.4, -0.2) is 40.6 Å². The van der Waals surface area contributed by atoms with Crippen LogP contribution in [0.5, 0.6) is 11.5 Å². The Bertz CT molecular complexity index is 1180. The van der Waals surface area contributed by atoms with Crippen molar-refractivity contribution >= 4 is 23.4 Å². The van der Waals surface area contributed by atoms with E-state index in [4.69, 9.17) is 9.47 Å². The normalized spacial score (nSPS) is 10.6. The molecular formula is C25H24N4O3S. The molecule has 0 saturated heterocycles. The van der Waals surface area contributed by atoms with Crippen LogP contribution in [0, 0.1) is 0 Å². The lowest BCUT2D eigenvalue weighted by atomic mass is 10.3. The summed E-state index contributed by atoms with van der Waals surface area (Å²) in [6.45, 7) is 0.229. The molecule has 0 saturated carbocycles. The highest BCUT2D eigenvalue weighted by molar-refractivity contribution is 7.99. The predicted molar refractivity (Wildman–Crippen MR) is 129 cm³/mol. The van der Waals surface area contributed by atoms with Gasteiger partial charge in [-0.05, 0) is 48.5 Å². The van der Waals surface area contributed by atoms with Crippen LogP contribution in [-0.2, 0) is 11.4 Å². The number of anilines is 1. The average Bonchev–Trinajstić information content (AvgIpc) is 3.29. The molecule has 0 aliphatic heterocycles. The Hall–Kier alpha value is -3.78. The molecule has 4 aromatic rings. The Labute approximate surface area is 197 Å². The maximum Gasteiger partial charge on any atom is 0.237 e. The fourth-order valence-electron chi connectivity index (χ4n) is 3.16. The molecule has 0 radical (unpaired) electrons. The van der Waals surface area contributed by atoms with E-state index in [9.17, 15) is 4.79 Å². The van der Waals surface area contributed by atoms with E-state index in [0.717, 1.165) is 17.1 Å². The Kier molecular flexibility index (Phi) is 7.26. The third kappa shape index (κ3) is 5.53. The molecule has 0 unspecified atom stereocenters. The number of carbonyl (C=O) groups excluding carboxylic acids is 1. The Morgan fingerprint density at radius 1 is 0.909 bits per heavy atom. The molecule has 0 fully saturated rings. The zero-order chi connectivity index (χ0) is 23.0. The van der Waals surface area contributed by atoms with Crippen LogP contribution in [0.2, 0.25) is 0 Å². The van der Waals surface area contributed by atoms with Gasteiger partial charge in [0.05, 0.1) is 12.9 Å². The number of amides is 1. The number of para-hydroxylation sites is 2. The monoisotopic (exact) mass is 460 g/mol. The second kappa shape index (κ2) is 10.7. The lowest BCUT2D eigenvalue weighted by Crippen LogP contribution is -2.27. The third-order valence-electron chi connectivity index (χ3n) is 4.98. The minimum atomic E-state index is -0.0233. The zero-order valence-electron chi connectivity index (χ0n) is 18.4. The van der Waals surface area contributed by atoms with Crippen LogP contribution in [0.1, 0.15) is 5.82 Å². The standard InChI is InChI=1S/C25H24N4O3S/c1-28(19-9-5-3-6-10-19)24(30)18-33-25-27-26-23(29(25)20-11-7-4-8-12-20)17-32-22-15-13-21(31-2)14-16-22/h3-16H,17-18H2,1-2H3. The van der Waals surface area contributed by atoms with Gasteiger partial charge in [0.15, 0.2) is 11.0 Å². The van der Waals surface area contributed by atoms with Crippen LogP contribution in [0.4, 0.5) is 5.69 Å². The van der Waals surface area contributed by atoms with E-state index < -0.39 is 0 Å². The summed E-state index contributed by atoms with van der Waals surface area (Å²) in [6.07, 6.45) is 0. The van der Waals surface area contributed by atoms with Gasteiger partial charge in [-0.15, -0.1) is 10.2 Å². The Balaban J connectivity index is 1.50. The number of hydrogen-bond acceptors (Lipinski definition) is 6. The molecule has 0 aliphatic rings. The number of aromatic nitrogens is 3. The quantitative estimate of drug-likeness (QED) is 0.340. The van der Waals surface area contributed by atoms with Crippen LogP contribution in [0.3, 0.4) is 0 Å². The summed E-state index contributed by atoms with van der Waals surface area (Å²) in [5.74, 6) is 2.31. The van der Waals surface area contributed by atoms with Gasteiger partial charge >= 0.3 is 0 Å². The van der Waals surface area contributed by atoms with Crippen molar-refractivity contribution in [2.45, 2.75) is 11.8 Å². The third-order valence-corrected chi connectivity index (χ3v) is 5.90. The Morgan fingerprint density at radius 3 is 2.21 bits per heavy atom. The first-order valence-corrected chi connectivity index (χ1v) is 11.3. The highest BCUT2D eigenvalue weighted by atomic mass is 32.2. The first-order valence-electron chi connectivity index (χ1n) is 10.4. The van der Waals surface area contributed by atoms with E-state index in [1.54, 1.807) is 19.1 Å². The molecule has 33 heavy (non-hydrogen) atoms.